The highest BCUT2D eigenvalue weighted by atomic mass is 16.2. The van der Waals surface area contributed by atoms with Crippen LogP contribution in [0.15, 0.2) is 54.6 Å². The first-order valence-electron chi connectivity index (χ1n) is 8.59. The Morgan fingerprint density at radius 1 is 0.960 bits per heavy atom. The summed E-state index contributed by atoms with van der Waals surface area (Å²) in [4.78, 5) is 24.0. The van der Waals surface area contributed by atoms with Gasteiger partial charge in [0.15, 0.2) is 5.78 Å². The summed E-state index contributed by atoms with van der Waals surface area (Å²) in [5.74, 6) is -0.328. The molecular formula is C21H26N2O2. The van der Waals surface area contributed by atoms with Gasteiger partial charge in [-0.05, 0) is 36.0 Å². The molecule has 2 rings (SSSR count). The highest BCUT2D eigenvalue weighted by molar-refractivity contribution is 5.89. The van der Waals surface area contributed by atoms with Gasteiger partial charge in [-0.2, -0.15) is 0 Å². The number of hydrogen-bond donors (Lipinski definition) is 2. The van der Waals surface area contributed by atoms with E-state index in [9.17, 15) is 9.59 Å². The van der Waals surface area contributed by atoms with Crippen LogP contribution in [0.5, 0.6) is 0 Å². The van der Waals surface area contributed by atoms with Crippen molar-refractivity contribution in [3.63, 3.8) is 0 Å². The third-order valence-electron chi connectivity index (χ3n) is 4.33. The summed E-state index contributed by atoms with van der Waals surface area (Å²) in [6.07, 6.45) is 0.459. The normalized spacial score (nSPS) is 13.3. The third-order valence-corrected chi connectivity index (χ3v) is 4.33. The first-order chi connectivity index (χ1) is 11.9. The van der Waals surface area contributed by atoms with Crippen molar-refractivity contribution in [1.29, 1.82) is 0 Å². The van der Waals surface area contributed by atoms with E-state index in [-0.39, 0.29) is 17.6 Å². The Balaban J connectivity index is 2.07. The number of nitrogens with one attached hydrogen (secondary N) is 1. The van der Waals surface area contributed by atoms with Gasteiger partial charge in [0.05, 0.1) is 12.1 Å². The summed E-state index contributed by atoms with van der Waals surface area (Å²) in [5.41, 5.74) is 9.13. The van der Waals surface area contributed by atoms with Crippen LogP contribution >= 0.6 is 0 Å². The molecule has 2 aromatic carbocycles. The molecule has 0 aliphatic carbocycles. The smallest absolute Gasteiger partial charge is 0.237 e. The number of benzene rings is 2. The first kappa shape index (κ1) is 18.9. The summed E-state index contributed by atoms with van der Waals surface area (Å²) >= 11 is 0. The van der Waals surface area contributed by atoms with Gasteiger partial charge in [-0.1, -0.05) is 68.4 Å². The number of rotatable bonds is 7. The van der Waals surface area contributed by atoms with Crippen molar-refractivity contribution in [2.75, 3.05) is 0 Å². The maximum atomic E-state index is 12.1. The molecule has 0 aliphatic rings. The van der Waals surface area contributed by atoms with Gasteiger partial charge >= 0.3 is 0 Å². The monoisotopic (exact) mass is 338 g/mol. The minimum Gasteiger partial charge on any atom is -0.345 e. The standard InChI is InChI=1S/C21H26N2O2/c1-14(2)20(22)21(25)23-19(15(3)24)13-16-9-11-18(12-10-16)17-7-5-4-6-8-17/h4-12,14,19-20H,13,22H2,1-3H3,(H,23,25)/t19-,20-/m0/s1. The zero-order valence-electron chi connectivity index (χ0n) is 15.0. The summed E-state index contributed by atoms with van der Waals surface area (Å²) in [5, 5.41) is 2.78. The Morgan fingerprint density at radius 3 is 2.04 bits per heavy atom. The molecule has 0 spiro atoms. The van der Waals surface area contributed by atoms with E-state index in [1.54, 1.807) is 0 Å². The Morgan fingerprint density at radius 2 is 1.52 bits per heavy atom. The lowest BCUT2D eigenvalue weighted by Gasteiger charge is -2.21. The van der Waals surface area contributed by atoms with Crippen molar-refractivity contribution < 1.29 is 9.59 Å². The zero-order chi connectivity index (χ0) is 18.4. The van der Waals surface area contributed by atoms with Crippen molar-refractivity contribution in [2.24, 2.45) is 11.7 Å². The maximum absolute atomic E-state index is 12.1. The topological polar surface area (TPSA) is 72.2 Å². The number of carbonyl (C=O) groups is 2. The summed E-state index contributed by atoms with van der Waals surface area (Å²) in [7, 11) is 0. The Labute approximate surface area is 149 Å². The second kappa shape index (κ2) is 8.58. The van der Waals surface area contributed by atoms with Crippen molar-refractivity contribution in [3.8, 4) is 11.1 Å². The van der Waals surface area contributed by atoms with Crippen molar-refractivity contribution in [1.82, 2.24) is 5.32 Å². The lowest BCUT2D eigenvalue weighted by atomic mass is 9.98. The number of hydrogen-bond acceptors (Lipinski definition) is 3. The molecule has 1 amide bonds. The molecule has 0 bridgehead atoms. The van der Waals surface area contributed by atoms with Crippen LogP contribution in [-0.4, -0.2) is 23.8 Å². The molecular weight excluding hydrogens is 312 g/mol. The first-order valence-corrected chi connectivity index (χ1v) is 8.59. The van der Waals surface area contributed by atoms with Gasteiger partial charge in [0.1, 0.15) is 0 Å². The van der Waals surface area contributed by atoms with E-state index in [1.807, 2.05) is 56.3 Å². The molecule has 2 aromatic rings. The molecule has 3 N–H and O–H groups in total. The Bertz CT molecular complexity index is 708. The van der Waals surface area contributed by atoms with Gasteiger partial charge in [0.25, 0.3) is 0 Å². The number of carbonyl (C=O) groups excluding carboxylic acids is 2. The predicted octanol–water partition coefficient (Wildman–Crippen LogP) is 2.95. The minimum absolute atomic E-state index is 0.0257. The molecule has 0 heterocycles. The average molecular weight is 338 g/mol. The summed E-state index contributed by atoms with van der Waals surface area (Å²) in [6, 6.07) is 17.0. The summed E-state index contributed by atoms with van der Waals surface area (Å²) in [6.45, 7) is 5.26. The van der Waals surface area contributed by atoms with Crippen LogP contribution in [0, 0.1) is 5.92 Å². The van der Waals surface area contributed by atoms with E-state index in [0.717, 1.165) is 16.7 Å². The molecule has 0 aliphatic heterocycles. The number of Topliss-reactive ketones (excluding diaryl/α,β-unsaturated/α-hetero) is 1. The van der Waals surface area contributed by atoms with Crippen LogP contribution in [0.1, 0.15) is 26.3 Å². The molecule has 0 aromatic heterocycles. The van der Waals surface area contributed by atoms with Crippen molar-refractivity contribution >= 4 is 11.7 Å². The van der Waals surface area contributed by atoms with Crippen molar-refractivity contribution in [3.05, 3.63) is 60.2 Å². The molecule has 25 heavy (non-hydrogen) atoms. The third kappa shape index (κ3) is 5.26. The number of nitrogens with two attached hydrogens (primary N) is 1. The zero-order valence-corrected chi connectivity index (χ0v) is 15.0. The lowest BCUT2D eigenvalue weighted by Crippen LogP contribution is -2.50. The minimum atomic E-state index is -0.609. The molecule has 0 saturated heterocycles. The largest absolute Gasteiger partial charge is 0.345 e. The fraction of sp³-hybridized carbons (Fsp3) is 0.333. The van der Waals surface area contributed by atoms with Crippen LogP contribution in [-0.2, 0) is 16.0 Å². The van der Waals surface area contributed by atoms with E-state index < -0.39 is 12.1 Å². The van der Waals surface area contributed by atoms with Crippen LogP contribution in [0.3, 0.4) is 0 Å². The average Bonchev–Trinajstić information content (AvgIpc) is 2.61. The van der Waals surface area contributed by atoms with E-state index in [4.69, 9.17) is 5.73 Å². The fourth-order valence-electron chi connectivity index (χ4n) is 2.57. The molecule has 4 nitrogen and oxygen atoms in total. The molecule has 2 atom stereocenters. The van der Waals surface area contributed by atoms with Gasteiger partial charge in [0.2, 0.25) is 5.91 Å². The van der Waals surface area contributed by atoms with Crippen LogP contribution in [0.4, 0.5) is 0 Å². The second-order valence-corrected chi connectivity index (χ2v) is 6.71. The lowest BCUT2D eigenvalue weighted by molar-refractivity contribution is -0.128. The Kier molecular flexibility index (Phi) is 6.48. The molecule has 132 valence electrons. The van der Waals surface area contributed by atoms with Gasteiger partial charge in [-0.25, -0.2) is 0 Å². The maximum Gasteiger partial charge on any atom is 0.237 e. The van der Waals surface area contributed by atoms with Gasteiger partial charge in [-0.3, -0.25) is 9.59 Å². The van der Waals surface area contributed by atoms with Crippen molar-refractivity contribution in [2.45, 2.75) is 39.3 Å². The Hall–Kier alpha value is -2.46. The SMILES string of the molecule is CC(=O)[C@H](Cc1ccc(-c2ccccc2)cc1)NC(=O)[C@@H](N)C(C)C. The van der Waals surface area contributed by atoms with Gasteiger partial charge in [-0.15, -0.1) is 0 Å². The second-order valence-electron chi connectivity index (χ2n) is 6.71. The molecule has 0 saturated carbocycles. The highest BCUT2D eigenvalue weighted by Gasteiger charge is 2.23. The van der Waals surface area contributed by atoms with E-state index >= 15 is 0 Å². The molecule has 0 radical (unpaired) electrons. The molecule has 4 heteroatoms. The molecule has 0 unspecified atom stereocenters. The number of ketones is 1. The van der Waals surface area contributed by atoms with Crippen LogP contribution < -0.4 is 11.1 Å². The van der Waals surface area contributed by atoms with Gasteiger partial charge < -0.3 is 11.1 Å². The highest BCUT2D eigenvalue weighted by Crippen LogP contribution is 2.19. The summed E-state index contributed by atoms with van der Waals surface area (Å²) < 4.78 is 0. The van der Waals surface area contributed by atoms with E-state index in [0.29, 0.717) is 6.42 Å². The molecule has 0 fully saturated rings. The van der Waals surface area contributed by atoms with Gasteiger partial charge in [0, 0.05) is 0 Å². The predicted molar refractivity (Wildman–Crippen MR) is 101 cm³/mol. The van der Waals surface area contributed by atoms with E-state index in [1.165, 1.54) is 6.92 Å². The van der Waals surface area contributed by atoms with Crippen LogP contribution in [0.2, 0.25) is 0 Å². The van der Waals surface area contributed by atoms with E-state index in [2.05, 4.69) is 17.4 Å². The number of amides is 1. The quantitative estimate of drug-likeness (QED) is 0.815. The van der Waals surface area contributed by atoms with Crippen LogP contribution in [0.25, 0.3) is 11.1 Å². The fourth-order valence-corrected chi connectivity index (χ4v) is 2.57.